The van der Waals surface area contributed by atoms with E-state index in [2.05, 4.69) is 15.6 Å². The van der Waals surface area contributed by atoms with Crippen LogP contribution in [0.4, 0.5) is 9.59 Å². The number of hydrogen-bond donors (Lipinski definition) is 3. The molecule has 1 aromatic carbocycles. The molecule has 2 aliphatic carbocycles. The zero-order chi connectivity index (χ0) is 32.3. The van der Waals surface area contributed by atoms with E-state index in [0.29, 0.717) is 32.4 Å². The molecule has 6 rings (SSSR count). The Bertz CT molecular complexity index is 1350. The quantitative estimate of drug-likeness (QED) is 0.420. The molecular formula is C34H45N5O7. The van der Waals surface area contributed by atoms with E-state index in [4.69, 9.17) is 4.74 Å². The molecule has 12 nitrogen and oxygen atoms in total. The second-order valence-electron chi connectivity index (χ2n) is 13.7. The molecule has 1 aromatic rings. The number of carbonyl (C=O) groups excluding carboxylic acids is 4. The molecule has 3 N–H and O–H groups in total. The van der Waals surface area contributed by atoms with Crippen LogP contribution < -0.4 is 10.6 Å². The van der Waals surface area contributed by atoms with Crippen LogP contribution in [0.15, 0.2) is 29.3 Å². The van der Waals surface area contributed by atoms with Gasteiger partial charge in [0.1, 0.15) is 17.7 Å². The molecule has 5 aliphatic rings. The van der Waals surface area contributed by atoms with Gasteiger partial charge in [0.2, 0.25) is 11.8 Å². The van der Waals surface area contributed by atoms with Crippen molar-refractivity contribution in [2.24, 2.45) is 16.8 Å². The number of urea groups is 1. The fourth-order valence-electron chi connectivity index (χ4n) is 7.70. The van der Waals surface area contributed by atoms with Gasteiger partial charge in [0.15, 0.2) is 0 Å². The topological polar surface area (TPSA) is 158 Å². The van der Waals surface area contributed by atoms with E-state index in [1.165, 1.54) is 11.1 Å². The molecule has 3 heterocycles. The lowest BCUT2D eigenvalue weighted by molar-refractivity contribution is -0.145. The van der Waals surface area contributed by atoms with Crippen LogP contribution in [0.5, 0.6) is 0 Å². The highest BCUT2D eigenvalue weighted by Crippen LogP contribution is 2.47. The molecule has 1 unspecified atom stereocenters. The maximum atomic E-state index is 14.2. The molecule has 0 bridgehead atoms. The van der Waals surface area contributed by atoms with Gasteiger partial charge in [-0.15, -0.1) is 0 Å². The fourth-order valence-corrected chi connectivity index (χ4v) is 7.70. The molecule has 46 heavy (non-hydrogen) atoms. The van der Waals surface area contributed by atoms with Crippen LogP contribution >= 0.6 is 0 Å². The first kappa shape index (κ1) is 32.0. The number of nitrogens with zero attached hydrogens (tertiary/aromatic N) is 3. The Morgan fingerprint density at radius 1 is 0.957 bits per heavy atom. The molecule has 5 atom stereocenters. The van der Waals surface area contributed by atoms with Crippen molar-refractivity contribution in [1.82, 2.24) is 20.4 Å². The number of benzene rings is 1. The lowest BCUT2D eigenvalue weighted by Crippen LogP contribution is -2.54. The van der Waals surface area contributed by atoms with Crippen molar-refractivity contribution in [2.45, 2.75) is 120 Å². The van der Waals surface area contributed by atoms with Gasteiger partial charge in [0.05, 0.1) is 12.5 Å². The molecule has 0 radical (unpaired) electrons. The maximum absolute atomic E-state index is 14.2. The Morgan fingerprint density at radius 2 is 1.61 bits per heavy atom. The van der Waals surface area contributed by atoms with Crippen molar-refractivity contribution in [2.75, 3.05) is 6.54 Å². The van der Waals surface area contributed by atoms with Crippen molar-refractivity contribution >= 4 is 36.1 Å². The third kappa shape index (κ3) is 7.05. The summed E-state index contributed by atoms with van der Waals surface area (Å²) < 4.78 is 5.88. The van der Waals surface area contributed by atoms with Crippen LogP contribution in [-0.2, 0) is 32.2 Å². The van der Waals surface area contributed by atoms with Gasteiger partial charge >= 0.3 is 18.1 Å². The maximum Gasteiger partial charge on any atom is 0.410 e. The van der Waals surface area contributed by atoms with Crippen molar-refractivity contribution in [1.29, 1.82) is 0 Å². The standard InChI is InChI=1S/C34H45N5O7/c40-29-28-16-27(46-33(45)38-19-23-11-6-7-12-24(23)20-38)21-39(28)30(41)22(18-35-32(44)36-26-14-8-9-15-26)10-4-2-1-3-5-13-25-17-34(25,37-29)31(42)43/h6-7,11-12,18,22,25-28H,1-5,8-10,13-17,19-21H2,(H,36,44)(H,37,40)(H,42,43)/t22?,25-,27-,28+,34-/m1/s1. The van der Waals surface area contributed by atoms with Gasteiger partial charge in [-0.1, -0.05) is 69.2 Å². The molecule has 5 amide bonds. The number of ether oxygens (including phenoxy) is 1. The first-order valence-corrected chi connectivity index (χ1v) is 17.0. The average molecular weight is 636 g/mol. The molecule has 0 aromatic heterocycles. The van der Waals surface area contributed by atoms with Crippen LogP contribution in [0.3, 0.4) is 0 Å². The van der Waals surface area contributed by atoms with Gasteiger partial charge in [-0.25, -0.2) is 19.4 Å². The van der Waals surface area contributed by atoms with Crippen molar-refractivity contribution in [3.63, 3.8) is 0 Å². The largest absolute Gasteiger partial charge is 0.479 e. The normalized spacial score (nSPS) is 30.5. The number of carboxylic acid groups (broad SMARTS) is 1. The molecule has 3 aliphatic heterocycles. The first-order valence-electron chi connectivity index (χ1n) is 17.0. The van der Waals surface area contributed by atoms with Gasteiger partial charge in [-0.05, 0) is 49.1 Å². The van der Waals surface area contributed by atoms with Crippen LogP contribution in [0.2, 0.25) is 0 Å². The molecule has 2 saturated carbocycles. The van der Waals surface area contributed by atoms with E-state index in [9.17, 15) is 29.1 Å². The Morgan fingerprint density at radius 3 is 2.30 bits per heavy atom. The summed E-state index contributed by atoms with van der Waals surface area (Å²) in [7, 11) is 0. The van der Waals surface area contributed by atoms with Gasteiger partial charge in [-0.2, -0.15) is 0 Å². The smallest absolute Gasteiger partial charge is 0.410 e. The molecule has 248 valence electrons. The summed E-state index contributed by atoms with van der Waals surface area (Å²) in [6, 6.07) is 6.37. The summed E-state index contributed by atoms with van der Waals surface area (Å²) in [5, 5.41) is 15.8. The van der Waals surface area contributed by atoms with Crippen LogP contribution in [-0.4, -0.2) is 81.3 Å². The van der Waals surface area contributed by atoms with E-state index in [-0.39, 0.29) is 30.8 Å². The molecule has 4 fully saturated rings. The molecule has 2 saturated heterocycles. The summed E-state index contributed by atoms with van der Waals surface area (Å²) in [4.78, 5) is 73.3. The monoisotopic (exact) mass is 635 g/mol. The van der Waals surface area contributed by atoms with Crippen LogP contribution in [0.25, 0.3) is 0 Å². The third-order valence-electron chi connectivity index (χ3n) is 10.5. The Kier molecular flexibility index (Phi) is 9.60. The van der Waals surface area contributed by atoms with Crippen molar-refractivity contribution in [3.8, 4) is 0 Å². The Balaban J connectivity index is 1.20. The zero-order valence-corrected chi connectivity index (χ0v) is 26.3. The van der Waals surface area contributed by atoms with Gasteiger partial charge in [-0.3, -0.25) is 14.5 Å². The summed E-state index contributed by atoms with van der Waals surface area (Å²) in [5.41, 5.74) is 0.747. The second kappa shape index (κ2) is 13.8. The third-order valence-corrected chi connectivity index (χ3v) is 10.5. The minimum Gasteiger partial charge on any atom is -0.479 e. The van der Waals surface area contributed by atoms with Crippen LogP contribution in [0.1, 0.15) is 94.6 Å². The lowest BCUT2D eigenvalue weighted by atomic mass is 9.99. The fraction of sp³-hybridized carbons (Fsp3) is 0.647. The number of nitrogens with one attached hydrogen (secondary N) is 2. The van der Waals surface area contributed by atoms with Crippen molar-refractivity contribution < 1.29 is 33.8 Å². The molecule has 12 heteroatoms. The number of aliphatic imine (C=N–C) groups is 1. The Labute approximate surface area is 269 Å². The van der Waals surface area contributed by atoms with E-state index < -0.39 is 47.6 Å². The number of fused-ring (bicyclic) bond motifs is 3. The highest BCUT2D eigenvalue weighted by atomic mass is 16.6. The van der Waals surface area contributed by atoms with E-state index in [1.807, 2.05) is 24.3 Å². The second-order valence-corrected chi connectivity index (χ2v) is 13.7. The SMILES string of the molecule is O=C(N=CC1CCCCCCC[C@@H]2C[C@@]2(C(=O)O)NC(=O)[C@@H]2C[C@@H](OC(=O)N3Cc4ccccc4C3)CN2C1=O)NC1CCCC1. The highest BCUT2D eigenvalue weighted by molar-refractivity contribution is 6.00. The van der Waals surface area contributed by atoms with Crippen molar-refractivity contribution in [3.05, 3.63) is 35.4 Å². The predicted octanol–water partition coefficient (Wildman–Crippen LogP) is 4.15. The summed E-state index contributed by atoms with van der Waals surface area (Å²) in [5.74, 6) is -2.92. The number of carboxylic acids is 1. The number of aliphatic carboxylic acids is 1. The van der Waals surface area contributed by atoms with Gasteiger partial charge < -0.3 is 25.4 Å². The van der Waals surface area contributed by atoms with E-state index in [0.717, 1.165) is 68.9 Å². The number of amides is 5. The predicted molar refractivity (Wildman–Crippen MR) is 168 cm³/mol. The summed E-state index contributed by atoms with van der Waals surface area (Å²) >= 11 is 0. The highest BCUT2D eigenvalue weighted by Gasteiger charge is 2.62. The average Bonchev–Trinajstić information content (AvgIpc) is 3.46. The number of carbonyl (C=O) groups is 5. The first-order chi connectivity index (χ1) is 22.2. The van der Waals surface area contributed by atoms with Gasteiger partial charge in [0.25, 0.3) is 0 Å². The molecular weight excluding hydrogens is 590 g/mol. The lowest BCUT2D eigenvalue weighted by Gasteiger charge is -2.28. The van der Waals surface area contributed by atoms with E-state index in [1.54, 1.807) is 4.90 Å². The summed E-state index contributed by atoms with van der Waals surface area (Å²) in [6.07, 6.45) is 10.0. The van der Waals surface area contributed by atoms with Crippen LogP contribution in [0, 0.1) is 11.8 Å². The zero-order valence-electron chi connectivity index (χ0n) is 26.3. The van der Waals surface area contributed by atoms with Gasteiger partial charge in [0, 0.05) is 31.8 Å². The minimum atomic E-state index is -1.35. The van der Waals surface area contributed by atoms with E-state index >= 15 is 0 Å². The molecule has 0 spiro atoms. The number of hydrogen-bond acceptors (Lipinski definition) is 6. The number of rotatable bonds is 4. The Hall–Kier alpha value is -3.96. The minimum absolute atomic E-state index is 0.00837. The summed E-state index contributed by atoms with van der Waals surface area (Å²) in [6.45, 7) is 0.822.